The summed E-state index contributed by atoms with van der Waals surface area (Å²) in [6, 6.07) is 9.82. The Hall–Kier alpha value is -2.14. The van der Waals surface area contributed by atoms with Gasteiger partial charge in [0, 0.05) is 34.8 Å². The minimum absolute atomic E-state index is 0.708. The van der Waals surface area contributed by atoms with Crippen LogP contribution >= 0.6 is 11.8 Å². The first-order valence-corrected chi connectivity index (χ1v) is 7.65. The van der Waals surface area contributed by atoms with Crippen molar-refractivity contribution in [2.24, 2.45) is 0 Å². The molecule has 0 spiro atoms. The first-order chi connectivity index (χ1) is 10.2. The van der Waals surface area contributed by atoms with Gasteiger partial charge in [0.1, 0.15) is 11.4 Å². The summed E-state index contributed by atoms with van der Waals surface area (Å²) in [5, 5.41) is 0. The first kappa shape index (κ1) is 13.8. The van der Waals surface area contributed by atoms with Crippen molar-refractivity contribution in [2.45, 2.75) is 17.6 Å². The molecule has 0 radical (unpaired) electrons. The monoisotopic (exact) mass is 299 g/mol. The number of anilines is 1. The van der Waals surface area contributed by atoms with Gasteiger partial charge in [0.05, 0.1) is 12.8 Å². The van der Waals surface area contributed by atoms with Crippen LogP contribution in [0.3, 0.4) is 0 Å². The first-order valence-electron chi connectivity index (χ1n) is 6.66. The molecule has 2 N–H and O–H groups in total. The molecule has 0 unspecified atom stereocenters. The fourth-order valence-electron chi connectivity index (χ4n) is 2.18. The molecular weight excluding hydrogens is 282 g/mol. The number of ether oxygens (including phenoxy) is 1. The lowest BCUT2D eigenvalue weighted by atomic mass is 10.3. The molecule has 0 saturated carbocycles. The zero-order valence-corrected chi connectivity index (χ0v) is 12.9. The molecule has 5 heteroatoms. The molecule has 4 nitrogen and oxygen atoms in total. The molecule has 1 aromatic carbocycles. The Morgan fingerprint density at radius 1 is 1.24 bits per heavy atom. The van der Waals surface area contributed by atoms with Crippen LogP contribution in [0.1, 0.15) is 11.3 Å². The number of aromatic nitrogens is 2. The number of pyridine rings is 1. The Labute approximate surface area is 127 Å². The predicted molar refractivity (Wildman–Crippen MR) is 86.9 cm³/mol. The maximum atomic E-state index is 5.77. The normalized spacial score (nSPS) is 11.0. The van der Waals surface area contributed by atoms with Crippen LogP contribution < -0.4 is 10.5 Å². The van der Waals surface area contributed by atoms with Crippen LogP contribution in [0.4, 0.5) is 5.69 Å². The molecule has 0 atom stereocenters. The maximum Gasteiger partial charge on any atom is 0.137 e. The molecule has 2 heterocycles. The highest BCUT2D eigenvalue weighted by Crippen LogP contribution is 2.32. The van der Waals surface area contributed by atoms with Crippen molar-refractivity contribution in [3.63, 3.8) is 0 Å². The number of benzene rings is 1. The number of nitrogen functional groups attached to an aromatic ring is 1. The summed E-state index contributed by atoms with van der Waals surface area (Å²) >= 11 is 1.70. The van der Waals surface area contributed by atoms with E-state index in [1.54, 1.807) is 18.9 Å². The zero-order chi connectivity index (χ0) is 14.8. The number of nitrogens with two attached hydrogens (primary N) is 1. The summed E-state index contributed by atoms with van der Waals surface area (Å²) in [7, 11) is 1.66. The summed E-state index contributed by atoms with van der Waals surface area (Å²) in [4.78, 5) is 5.69. The molecule has 0 fully saturated rings. The third-order valence-electron chi connectivity index (χ3n) is 3.21. The summed E-state index contributed by atoms with van der Waals surface area (Å²) in [5.74, 6) is 1.60. The van der Waals surface area contributed by atoms with E-state index in [9.17, 15) is 0 Å². The third-order valence-corrected chi connectivity index (χ3v) is 4.30. The Kier molecular flexibility index (Phi) is 3.75. The van der Waals surface area contributed by atoms with Crippen molar-refractivity contribution in [2.75, 3.05) is 12.8 Å². The smallest absolute Gasteiger partial charge is 0.137 e. The molecule has 0 saturated heterocycles. The second-order valence-corrected chi connectivity index (χ2v) is 5.92. The molecule has 3 aromatic rings. The van der Waals surface area contributed by atoms with Crippen molar-refractivity contribution < 1.29 is 4.74 Å². The molecule has 0 amide bonds. The number of nitrogens with zero attached hydrogens (tertiary/aromatic N) is 2. The number of hydrogen-bond donors (Lipinski definition) is 1. The Morgan fingerprint density at radius 3 is 2.90 bits per heavy atom. The third kappa shape index (κ3) is 2.97. The minimum Gasteiger partial charge on any atom is -0.496 e. The number of hydrogen-bond acceptors (Lipinski definition) is 4. The summed E-state index contributed by atoms with van der Waals surface area (Å²) in [6.45, 7) is 2.08. The van der Waals surface area contributed by atoms with E-state index in [4.69, 9.17) is 10.5 Å². The molecule has 3 rings (SSSR count). The summed E-state index contributed by atoms with van der Waals surface area (Å²) in [5.41, 5.74) is 9.72. The van der Waals surface area contributed by atoms with Crippen molar-refractivity contribution in [1.29, 1.82) is 0 Å². The van der Waals surface area contributed by atoms with E-state index < -0.39 is 0 Å². The topological polar surface area (TPSA) is 52.5 Å². The number of methoxy groups -OCH3 is 1. The van der Waals surface area contributed by atoms with Crippen LogP contribution in [-0.4, -0.2) is 16.5 Å². The van der Waals surface area contributed by atoms with Gasteiger partial charge >= 0.3 is 0 Å². The fraction of sp³-hybridized carbons (Fsp3) is 0.188. The Balaban J connectivity index is 1.80. The van der Waals surface area contributed by atoms with Crippen LogP contribution in [-0.2, 0) is 5.75 Å². The zero-order valence-electron chi connectivity index (χ0n) is 12.0. The average Bonchev–Trinajstić information content (AvgIpc) is 2.87. The highest BCUT2D eigenvalue weighted by Gasteiger charge is 2.07. The number of rotatable bonds is 4. The van der Waals surface area contributed by atoms with Gasteiger partial charge in [-0.1, -0.05) is 6.07 Å². The maximum absolute atomic E-state index is 5.77. The van der Waals surface area contributed by atoms with Crippen LogP contribution in [0.15, 0.2) is 47.6 Å². The van der Waals surface area contributed by atoms with E-state index in [0.29, 0.717) is 5.69 Å². The van der Waals surface area contributed by atoms with Gasteiger partial charge in [0.15, 0.2) is 0 Å². The van der Waals surface area contributed by atoms with Crippen molar-refractivity contribution in [3.05, 3.63) is 54.0 Å². The molecule has 2 aromatic heterocycles. The number of fused-ring (bicyclic) bond motifs is 1. The van der Waals surface area contributed by atoms with E-state index in [0.717, 1.165) is 27.7 Å². The summed E-state index contributed by atoms with van der Waals surface area (Å²) in [6.07, 6.45) is 4.15. The lowest BCUT2D eigenvalue weighted by Gasteiger charge is -2.07. The lowest BCUT2D eigenvalue weighted by molar-refractivity contribution is 0.405. The van der Waals surface area contributed by atoms with Crippen LogP contribution in [0.5, 0.6) is 5.75 Å². The largest absolute Gasteiger partial charge is 0.496 e. The van der Waals surface area contributed by atoms with E-state index in [1.807, 2.05) is 24.3 Å². The van der Waals surface area contributed by atoms with Crippen molar-refractivity contribution in [3.8, 4) is 5.75 Å². The lowest BCUT2D eigenvalue weighted by Crippen LogP contribution is -1.90. The molecule has 21 heavy (non-hydrogen) atoms. The number of thioether (sulfide) groups is 1. The highest BCUT2D eigenvalue weighted by molar-refractivity contribution is 7.98. The van der Waals surface area contributed by atoms with Gasteiger partial charge in [-0.05, 0) is 30.7 Å². The van der Waals surface area contributed by atoms with E-state index in [-0.39, 0.29) is 0 Å². The molecule has 108 valence electrons. The second kappa shape index (κ2) is 5.69. The minimum atomic E-state index is 0.708. The van der Waals surface area contributed by atoms with Crippen LogP contribution in [0.25, 0.3) is 5.65 Å². The highest BCUT2D eigenvalue weighted by atomic mass is 32.2. The predicted octanol–water partition coefficient (Wildman–Crippen LogP) is 3.53. The SMILES string of the molecule is COc1cc(N)ccc1SCc1cn2cc(C)ccc2n1. The Bertz CT molecular complexity index is 782. The number of aryl methyl sites for hydroxylation is 1. The van der Waals surface area contributed by atoms with Gasteiger partial charge in [0.2, 0.25) is 0 Å². The standard InChI is InChI=1S/C16H17N3OS/c1-11-3-6-16-18-13(9-19(16)8-11)10-21-15-5-4-12(17)7-14(15)20-2/h3-9H,10,17H2,1-2H3. The van der Waals surface area contributed by atoms with E-state index in [1.165, 1.54) is 5.56 Å². The summed E-state index contributed by atoms with van der Waals surface area (Å²) < 4.78 is 7.42. The van der Waals surface area contributed by atoms with Crippen molar-refractivity contribution >= 4 is 23.1 Å². The number of imidazole rings is 1. The molecule has 0 aliphatic rings. The van der Waals surface area contributed by atoms with Crippen LogP contribution in [0.2, 0.25) is 0 Å². The van der Waals surface area contributed by atoms with Gasteiger partial charge in [-0.2, -0.15) is 0 Å². The molecular formula is C16H17N3OS. The second-order valence-electron chi connectivity index (χ2n) is 4.90. The average molecular weight is 299 g/mol. The van der Waals surface area contributed by atoms with Gasteiger partial charge in [0.25, 0.3) is 0 Å². The van der Waals surface area contributed by atoms with E-state index >= 15 is 0 Å². The fourth-order valence-corrected chi connectivity index (χ4v) is 3.07. The van der Waals surface area contributed by atoms with Gasteiger partial charge in [-0.25, -0.2) is 4.98 Å². The molecule has 0 bridgehead atoms. The van der Waals surface area contributed by atoms with Crippen LogP contribution in [0, 0.1) is 6.92 Å². The van der Waals surface area contributed by atoms with E-state index in [2.05, 4.69) is 34.8 Å². The molecule has 0 aliphatic heterocycles. The van der Waals surface area contributed by atoms with Crippen molar-refractivity contribution in [1.82, 2.24) is 9.38 Å². The van der Waals surface area contributed by atoms with Gasteiger partial charge < -0.3 is 14.9 Å². The quantitative estimate of drug-likeness (QED) is 0.591. The van der Waals surface area contributed by atoms with Gasteiger partial charge in [-0.15, -0.1) is 11.8 Å². The molecule has 0 aliphatic carbocycles. The Morgan fingerprint density at radius 2 is 2.10 bits per heavy atom. The van der Waals surface area contributed by atoms with Gasteiger partial charge in [-0.3, -0.25) is 0 Å².